The second kappa shape index (κ2) is 15.2. The standard InChI is InChI=1S/C27H54N4O4Si3/c1-12-14-16-23(13-2)20-29-27(33)31-25-18-15-17-24(22(25)4)30-26(32)28-19-21(3)38(11,34-36(5,6)7)35-37(8,9)10/h15,17-18,21,23H,12-14,16,19-20H2,1-11H3,(H2,28,30,32)(H2,29,31,33). The molecule has 2 unspecified atom stereocenters. The van der Waals surface area contributed by atoms with Crippen molar-refractivity contribution in [2.24, 2.45) is 5.92 Å². The van der Waals surface area contributed by atoms with Crippen LogP contribution in [0.15, 0.2) is 18.2 Å². The largest absolute Gasteiger partial charge is 0.436 e. The summed E-state index contributed by atoms with van der Waals surface area (Å²) >= 11 is 0. The van der Waals surface area contributed by atoms with E-state index in [1.165, 1.54) is 6.42 Å². The van der Waals surface area contributed by atoms with Gasteiger partial charge in [0.1, 0.15) is 0 Å². The number of carbonyl (C=O) groups is 2. The number of hydrogen-bond acceptors (Lipinski definition) is 4. The van der Waals surface area contributed by atoms with Crippen molar-refractivity contribution < 1.29 is 17.8 Å². The molecule has 11 heteroatoms. The van der Waals surface area contributed by atoms with Gasteiger partial charge in [0.05, 0.1) is 0 Å². The minimum absolute atomic E-state index is 0.0776. The Kier molecular flexibility index (Phi) is 13.7. The normalized spacial score (nSPS) is 14.0. The third-order valence-corrected chi connectivity index (χ3v) is 16.5. The Hall–Kier alpha value is -1.67. The Morgan fingerprint density at radius 3 is 1.74 bits per heavy atom. The van der Waals surface area contributed by atoms with Crippen LogP contribution >= 0.6 is 0 Å². The van der Waals surface area contributed by atoms with Crippen LogP contribution in [0.5, 0.6) is 0 Å². The molecule has 218 valence electrons. The highest BCUT2D eigenvalue weighted by Crippen LogP contribution is 2.30. The summed E-state index contributed by atoms with van der Waals surface area (Å²) in [4.78, 5) is 25.4. The first-order valence-corrected chi connectivity index (χ1v) is 23.3. The molecule has 8 nitrogen and oxygen atoms in total. The van der Waals surface area contributed by atoms with Gasteiger partial charge in [0.25, 0.3) is 0 Å². The van der Waals surface area contributed by atoms with Crippen molar-refractivity contribution in [2.75, 3.05) is 23.7 Å². The lowest BCUT2D eigenvalue weighted by molar-refractivity contribution is 0.249. The van der Waals surface area contributed by atoms with Gasteiger partial charge in [-0.05, 0) is 82.8 Å². The van der Waals surface area contributed by atoms with E-state index in [-0.39, 0.29) is 17.6 Å². The van der Waals surface area contributed by atoms with Crippen LogP contribution < -0.4 is 21.3 Å². The number of unbranched alkanes of at least 4 members (excludes halogenated alkanes) is 1. The molecule has 0 saturated carbocycles. The quantitative estimate of drug-likeness (QED) is 0.160. The Morgan fingerprint density at radius 1 is 0.842 bits per heavy atom. The molecule has 0 fully saturated rings. The van der Waals surface area contributed by atoms with Crippen LogP contribution in [0.4, 0.5) is 21.0 Å². The lowest BCUT2D eigenvalue weighted by atomic mass is 9.99. The summed E-state index contributed by atoms with van der Waals surface area (Å²) in [6.07, 6.45) is 4.50. The van der Waals surface area contributed by atoms with Crippen LogP contribution in [0.1, 0.15) is 52.0 Å². The number of rotatable bonds is 15. The van der Waals surface area contributed by atoms with E-state index < -0.39 is 25.2 Å². The Morgan fingerprint density at radius 2 is 1.32 bits per heavy atom. The predicted molar refractivity (Wildman–Crippen MR) is 168 cm³/mol. The highest BCUT2D eigenvalue weighted by Gasteiger charge is 2.44. The Labute approximate surface area is 234 Å². The zero-order valence-electron chi connectivity index (χ0n) is 25.8. The molecule has 0 aliphatic rings. The molecule has 1 aromatic rings. The van der Waals surface area contributed by atoms with Gasteiger partial charge in [-0.2, -0.15) is 0 Å². The van der Waals surface area contributed by atoms with Crippen LogP contribution in [-0.2, 0) is 8.23 Å². The van der Waals surface area contributed by atoms with Gasteiger partial charge in [-0.3, -0.25) is 0 Å². The van der Waals surface area contributed by atoms with E-state index in [2.05, 4.69) is 87.9 Å². The van der Waals surface area contributed by atoms with Gasteiger partial charge in [-0.1, -0.05) is 46.1 Å². The number of hydrogen-bond donors (Lipinski definition) is 4. The third-order valence-electron chi connectivity index (χ3n) is 6.41. The number of nitrogens with one attached hydrogen (secondary N) is 4. The fourth-order valence-corrected chi connectivity index (χ4v) is 16.6. The maximum Gasteiger partial charge on any atom is 0.319 e. The van der Waals surface area contributed by atoms with Gasteiger partial charge in [0.15, 0.2) is 16.6 Å². The van der Waals surface area contributed by atoms with E-state index in [1.807, 2.05) is 25.1 Å². The summed E-state index contributed by atoms with van der Waals surface area (Å²) < 4.78 is 13.2. The highest BCUT2D eigenvalue weighted by molar-refractivity contribution is 6.88. The van der Waals surface area contributed by atoms with Crippen LogP contribution in [-0.4, -0.2) is 50.3 Å². The van der Waals surface area contributed by atoms with Crippen molar-refractivity contribution in [1.82, 2.24) is 10.6 Å². The number of urea groups is 2. The fourth-order valence-electron chi connectivity index (χ4n) is 4.29. The van der Waals surface area contributed by atoms with Gasteiger partial charge < -0.3 is 29.5 Å². The van der Waals surface area contributed by atoms with Crippen molar-refractivity contribution in [3.05, 3.63) is 23.8 Å². The Bertz CT molecular complexity index is 887. The summed E-state index contributed by atoms with van der Waals surface area (Å²) in [7, 11) is -6.18. The maximum absolute atomic E-state index is 12.8. The van der Waals surface area contributed by atoms with E-state index >= 15 is 0 Å². The van der Waals surface area contributed by atoms with Crippen LogP contribution in [0, 0.1) is 12.8 Å². The minimum Gasteiger partial charge on any atom is -0.436 e. The number of anilines is 2. The van der Waals surface area contributed by atoms with E-state index in [0.717, 1.165) is 24.8 Å². The van der Waals surface area contributed by atoms with Crippen molar-refractivity contribution >= 4 is 48.6 Å². The zero-order chi connectivity index (χ0) is 29.1. The molecule has 0 saturated heterocycles. The minimum atomic E-state index is -2.52. The molecule has 0 aliphatic carbocycles. The molecule has 2 atom stereocenters. The second-order valence-corrected chi connectivity index (χ2v) is 25.5. The van der Waals surface area contributed by atoms with E-state index in [0.29, 0.717) is 30.4 Å². The van der Waals surface area contributed by atoms with Crippen molar-refractivity contribution in [3.8, 4) is 0 Å². The molecule has 0 bridgehead atoms. The van der Waals surface area contributed by atoms with Gasteiger partial charge in [0, 0.05) is 30.0 Å². The summed E-state index contributed by atoms with van der Waals surface area (Å²) in [5.74, 6) is 0.484. The number of carbonyl (C=O) groups excluding carboxylic acids is 2. The topological polar surface area (TPSA) is 101 Å². The molecule has 0 aromatic heterocycles. The van der Waals surface area contributed by atoms with E-state index in [1.54, 1.807) is 0 Å². The summed E-state index contributed by atoms with van der Waals surface area (Å²) in [6, 6.07) is 4.98. The molecule has 4 amide bonds. The molecule has 1 aromatic carbocycles. The summed E-state index contributed by atoms with van der Waals surface area (Å²) in [5.41, 5.74) is 2.20. The highest BCUT2D eigenvalue weighted by atomic mass is 28.5. The first-order chi connectivity index (χ1) is 17.5. The van der Waals surface area contributed by atoms with Gasteiger partial charge in [-0.15, -0.1) is 0 Å². The molecule has 4 N–H and O–H groups in total. The SMILES string of the molecule is CCCCC(CC)CNC(=O)Nc1cccc(NC(=O)NCC(C)[Si](C)(O[Si](C)(C)C)O[Si](C)(C)C)c1C. The smallest absolute Gasteiger partial charge is 0.319 e. The average molecular weight is 583 g/mol. The molecule has 0 radical (unpaired) electrons. The molecule has 0 spiro atoms. The molecule has 0 heterocycles. The zero-order valence-corrected chi connectivity index (χ0v) is 28.8. The van der Waals surface area contributed by atoms with Gasteiger partial charge >= 0.3 is 20.6 Å². The first-order valence-electron chi connectivity index (χ1n) is 14.1. The molecule has 38 heavy (non-hydrogen) atoms. The summed E-state index contributed by atoms with van der Waals surface area (Å²) in [5, 5.41) is 11.9. The monoisotopic (exact) mass is 582 g/mol. The molecular weight excluding hydrogens is 529 g/mol. The van der Waals surface area contributed by atoms with Gasteiger partial charge in [-0.25, -0.2) is 9.59 Å². The van der Waals surface area contributed by atoms with E-state index in [4.69, 9.17) is 8.23 Å². The molecular formula is C27H54N4O4Si3. The summed E-state index contributed by atoms with van der Waals surface area (Å²) in [6.45, 7) is 24.6. The first kappa shape index (κ1) is 34.4. The maximum atomic E-state index is 12.8. The van der Waals surface area contributed by atoms with Crippen LogP contribution in [0.2, 0.25) is 51.4 Å². The lowest BCUT2D eigenvalue weighted by Gasteiger charge is -2.42. The fraction of sp³-hybridized carbons (Fsp3) is 0.704. The van der Waals surface area contributed by atoms with E-state index in [9.17, 15) is 9.59 Å². The number of benzene rings is 1. The third kappa shape index (κ3) is 12.9. The predicted octanol–water partition coefficient (Wildman–Crippen LogP) is 7.62. The van der Waals surface area contributed by atoms with Crippen molar-refractivity contribution in [2.45, 2.75) is 105 Å². The average Bonchev–Trinajstić information content (AvgIpc) is 2.77. The number of amides is 4. The van der Waals surface area contributed by atoms with Gasteiger partial charge in [0.2, 0.25) is 0 Å². The van der Waals surface area contributed by atoms with Crippen LogP contribution in [0.25, 0.3) is 0 Å². The van der Waals surface area contributed by atoms with Crippen molar-refractivity contribution in [1.29, 1.82) is 0 Å². The van der Waals surface area contributed by atoms with Crippen molar-refractivity contribution in [3.63, 3.8) is 0 Å². The Balaban J connectivity index is 2.77. The lowest BCUT2D eigenvalue weighted by Crippen LogP contribution is -2.56. The second-order valence-electron chi connectivity index (χ2n) is 12.4. The van der Waals surface area contributed by atoms with Crippen LogP contribution in [0.3, 0.4) is 0 Å². The molecule has 1 rings (SSSR count). The molecule has 0 aliphatic heterocycles.